The zero-order valence-corrected chi connectivity index (χ0v) is 12.1. The third-order valence-electron chi connectivity index (χ3n) is 3.16. The van der Waals surface area contributed by atoms with Crippen LogP contribution in [0.4, 0.5) is 10.5 Å². The summed E-state index contributed by atoms with van der Waals surface area (Å²) in [5.74, 6) is 0. The van der Waals surface area contributed by atoms with Crippen LogP contribution in [0.5, 0.6) is 0 Å². The van der Waals surface area contributed by atoms with Gasteiger partial charge in [-0.15, -0.1) is 0 Å². The topological polar surface area (TPSA) is 50.2 Å². The van der Waals surface area contributed by atoms with Gasteiger partial charge in [0.25, 0.3) is 0 Å². The third-order valence-corrected chi connectivity index (χ3v) is 3.16. The first-order valence-corrected chi connectivity index (χ1v) is 6.67. The van der Waals surface area contributed by atoms with Crippen molar-refractivity contribution in [3.05, 3.63) is 47.8 Å². The van der Waals surface area contributed by atoms with Crippen LogP contribution in [0, 0.1) is 0 Å². The fourth-order valence-electron chi connectivity index (χ4n) is 2.06. The molecule has 0 aliphatic carbocycles. The van der Waals surface area contributed by atoms with Gasteiger partial charge in [0.2, 0.25) is 0 Å². The number of nitrogens with one attached hydrogen (secondary N) is 1. The number of carbonyl (C=O) groups excluding carboxylic acids is 1. The Kier molecular flexibility index (Phi) is 4.40. The summed E-state index contributed by atoms with van der Waals surface area (Å²) in [6, 6.07) is 7.74. The van der Waals surface area contributed by atoms with E-state index in [0.717, 1.165) is 23.2 Å². The summed E-state index contributed by atoms with van der Waals surface area (Å²) < 4.78 is 1.73. The van der Waals surface area contributed by atoms with Crippen molar-refractivity contribution in [2.75, 3.05) is 12.4 Å². The van der Waals surface area contributed by atoms with Crippen LogP contribution in [0.2, 0.25) is 0 Å². The molecule has 0 atom stereocenters. The van der Waals surface area contributed by atoms with Crippen LogP contribution in [0.15, 0.2) is 36.7 Å². The minimum Gasteiger partial charge on any atom is -0.323 e. The molecule has 2 aromatic rings. The molecule has 106 valence electrons. The zero-order chi connectivity index (χ0) is 14.5. The first kappa shape index (κ1) is 14.1. The van der Waals surface area contributed by atoms with Gasteiger partial charge in [0.05, 0.1) is 12.7 Å². The Balaban J connectivity index is 2.00. The number of rotatable bonds is 4. The monoisotopic (exact) mass is 272 g/mol. The number of hydrogen-bond donors (Lipinski definition) is 1. The Bertz CT molecular complexity index is 591. The molecule has 2 rings (SSSR count). The Morgan fingerprint density at radius 2 is 2.15 bits per heavy atom. The summed E-state index contributed by atoms with van der Waals surface area (Å²) in [6.45, 7) is 2.61. The molecule has 1 aromatic carbocycles. The molecule has 0 radical (unpaired) electrons. The normalized spacial score (nSPS) is 10.3. The molecule has 5 nitrogen and oxygen atoms in total. The molecule has 2 amide bonds. The lowest BCUT2D eigenvalue weighted by Gasteiger charge is -2.18. The number of benzene rings is 1. The lowest BCUT2D eigenvalue weighted by atomic mass is 10.1. The maximum absolute atomic E-state index is 12.2. The van der Waals surface area contributed by atoms with Crippen molar-refractivity contribution in [1.29, 1.82) is 0 Å². The van der Waals surface area contributed by atoms with Crippen molar-refractivity contribution >= 4 is 11.7 Å². The number of aryl methyl sites for hydroxylation is 2. The number of urea groups is 1. The largest absolute Gasteiger partial charge is 0.323 e. The molecule has 0 bridgehead atoms. The Labute approximate surface area is 119 Å². The molecule has 0 fully saturated rings. The molecule has 1 heterocycles. The van der Waals surface area contributed by atoms with Crippen LogP contribution >= 0.6 is 0 Å². The van der Waals surface area contributed by atoms with Crippen molar-refractivity contribution in [2.45, 2.75) is 19.9 Å². The Morgan fingerprint density at radius 3 is 2.80 bits per heavy atom. The predicted octanol–water partition coefficient (Wildman–Crippen LogP) is 2.65. The highest BCUT2D eigenvalue weighted by Gasteiger charge is 2.11. The predicted molar refractivity (Wildman–Crippen MR) is 79.5 cm³/mol. The second kappa shape index (κ2) is 6.23. The van der Waals surface area contributed by atoms with E-state index in [1.54, 1.807) is 22.8 Å². The molecule has 1 N–H and O–H groups in total. The van der Waals surface area contributed by atoms with E-state index >= 15 is 0 Å². The van der Waals surface area contributed by atoms with Crippen LogP contribution in [-0.4, -0.2) is 27.8 Å². The average Bonchev–Trinajstić information content (AvgIpc) is 2.84. The molecular weight excluding hydrogens is 252 g/mol. The third kappa shape index (κ3) is 3.38. The van der Waals surface area contributed by atoms with Gasteiger partial charge >= 0.3 is 6.03 Å². The summed E-state index contributed by atoms with van der Waals surface area (Å²) in [7, 11) is 3.64. The quantitative estimate of drug-likeness (QED) is 0.930. The molecule has 0 aliphatic rings. The smallest absolute Gasteiger partial charge is 0.321 e. The molecule has 0 unspecified atom stereocenters. The van der Waals surface area contributed by atoms with Gasteiger partial charge in [0.1, 0.15) is 0 Å². The first-order chi connectivity index (χ1) is 9.60. The van der Waals surface area contributed by atoms with Gasteiger partial charge in [-0.1, -0.05) is 25.1 Å². The van der Waals surface area contributed by atoms with Gasteiger partial charge in [-0.2, -0.15) is 5.10 Å². The van der Waals surface area contributed by atoms with Gasteiger partial charge in [0, 0.05) is 31.5 Å². The summed E-state index contributed by atoms with van der Waals surface area (Å²) in [5.41, 5.74) is 3.02. The Hall–Kier alpha value is -2.30. The maximum Gasteiger partial charge on any atom is 0.321 e. The first-order valence-electron chi connectivity index (χ1n) is 6.67. The van der Waals surface area contributed by atoms with E-state index in [-0.39, 0.29) is 6.03 Å². The van der Waals surface area contributed by atoms with E-state index in [1.807, 2.05) is 37.5 Å². The zero-order valence-electron chi connectivity index (χ0n) is 12.1. The number of aromatic nitrogens is 2. The minimum absolute atomic E-state index is 0.116. The van der Waals surface area contributed by atoms with E-state index in [0.29, 0.717) is 6.54 Å². The molecule has 20 heavy (non-hydrogen) atoms. The summed E-state index contributed by atoms with van der Waals surface area (Å²) >= 11 is 0. The highest BCUT2D eigenvalue weighted by Crippen LogP contribution is 2.16. The summed E-state index contributed by atoms with van der Waals surface area (Å²) in [5, 5.41) is 7.05. The van der Waals surface area contributed by atoms with Crippen LogP contribution < -0.4 is 5.32 Å². The highest BCUT2D eigenvalue weighted by atomic mass is 16.2. The maximum atomic E-state index is 12.2. The SMILES string of the molecule is CCc1ccccc1NC(=O)N(C)Cc1cnn(C)c1. The number of hydrogen-bond acceptors (Lipinski definition) is 2. The standard InChI is InChI=1S/C15H20N4O/c1-4-13-7-5-6-8-14(13)17-15(20)18(2)10-12-9-16-19(3)11-12/h5-9,11H,4,10H2,1-3H3,(H,17,20). The van der Waals surface area contributed by atoms with Crippen LogP contribution in [0.1, 0.15) is 18.1 Å². The van der Waals surface area contributed by atoms with Gasteiger partial charge in [-0.25, -0.2) is 4.79 Å². The fourth-order valence-corrected chi connectivity index (χ4v) is 2.06. The average molecular weight is 272 g/mol. The molecule has 5 heteroatoms. The number of amides is 2. The molecular formula is C15H20N4O. The van der Waals surface area contributed by atoms with Crippen molar-refractivity contribution < 1.29 is 4.79 Å². The second-order valence-electron chi connectivity index (χ2n) is 4.82. The number of carbonyl (C=O) groups is 1. The van der Waals surface area contributed by atoms with Crippen molar-refractivity contribution in [2.24, 2.45) is 7.05 Å². The molecule has 0 spiro atoms. The highest BCUT2D eigenvalue weighted by molar-refractivity contribution is 5.89. The van der Waals surface area contributed by atoms with Crippen LogP contribution in [0.25, 0.3) is 0 Å². The fraction of sp³-hybridized carbons (Fsp3) is 0.333. The van der Waals surface area contributed by atoms with E-state index < -0.39 is 0 Å². The van der Waals surface area contributed by atoms with E-state index in [2.05, 4.69) is 17.3 Å². The van der Waals surface area contributed by atoms with Gasteiger partial charge in [-0.3, -0.25) is 4.68 Å². The Morgan fingerprint density at radius 1 is 1.40 bits per heavy atom. The van der Waals surface area contributed by atoms with Crippen LogP contribution in [0.3, 0.4) is 0 Å². The van der Waals surface area contributed by atoms with Crippen molar-refractivity contribution in [1.82, 2.24) is 14.7 Å². The van der Waals surface area contributed by atoms with E-state index in [9.17, 15) is 4.79 Å². The number of anilines is 1. The molecule has 0 saturated heterocycles. The lowest BCUT2D eigenvalue weighted by Crippen LogP contribution is -2.31. The van der Waals surface area contributed by atoms with Gasteiger partial charge in [0.15, 0.2) is 0 Å². The van der Waals surface area contributed by atoms with Crippen LogP contribution in [-0.2, 0) is 20.0 Å². The van der Waals surface area contributed by atoms with Gasteiger partial charge in [-0.05, 0) is 18.1 Å². The minimum atomic E-state index is -0.116. The van der Waals surface area contributed by atoms with Crippen molar-refractivity contribution in [3.8, 4) is 0 Å². The summed E-state index contributed by atoms with van der Waals surface area (Å²) in [6.07, 6.45) is 4.57. The molecule has 0 aliphatic heterocycles. The number of para-hydroxylation sites is 1. The summed E-state index contributed by atoms with van der Waals surface area (Å²) in [4.78, 5) is 13.8. The molecule has 0 saturated carbocycles. The second-order valence-corrected chi connectivity index (χ2v) is 4.82. The van der Waals surface area contributed by atoms with Gasteiger partial charge < -0.3 is 10.2 Å². The number of nitrogens with zero attached hydrogens (tertiary/aromatic N) is 3. The van der Waals surface area contributed by atoms with Crippen molar-refractivity contribution in [3.63, 3.8) is 0 Å². The van der Waals surface area contributed by atoms with E-state index in [4.69, 9.17) is 0 Å². The lowest BCUT2D eigenvalue weighted by molar-refractivity contribution is 0.220. The van der Waals surface area contributed by atoms with E-state index in [1.165, 1.54) is 0 Å². The molecule has 1 aromatic heterocycles.